The highest BCUT2D eigenvalue weighted by molar-refractivity contribution is 7.14. The fourth-order valence-corrected chi connectivity index (χ4v) is 2.89. The van der Waals surface area contributed by atoms with E-state index in [1.807, 2.05) is 44.4 Å². The molecular formula is C18H18N2OS. The van der Waals surface area contributed by atoms with E-state index in [9.17, 15) is 4.79 Å². The topological polar surface area (TPSA) is 42.0 Å². The SMILES string of the molecule is CC(C)(C)C(=O)Nc1nc(-c2cccc3ccccc23)cs1. The van der Waals surface area contributed by atoms with E-state index in [-0.39, 0.29) is 5.91 Å². The first-order chi connectivity index (χ1) is 10.4. The molecule has 3 nitrogen and oxygen atoms in total. The molecule has 3 rings (SSSR count). The Morgan fingerprint density at radius 2 is 1.82 bits per heavy atom. The Hall–Kier alpha value is -2.20. The zero-order valence-corrected chi connectivity index (χ0v) is 13.7. The Bertz CT molecular complexity index is 825. The van der Waals surface area contributed by atoms with Gasteiger partial charge in [0, 0.05) is 16.4 Å². The number of aromatic nitrogens is 1. The molecule has 0 aliphatic heterocycles. The van der Waals surface area contributed by atoms with Gasteiger partial charge in [0.1, 0.15) is 0 Å². The molecule has 0 unspecified atom stereocenters. The Morgan fingerprint density at radius 1 is 1.09 bits per heavy atom. The van der Waals surface area contributed by atoms with Crippen LogP contribution in [0, 0.1) is 5.41 Å². The number of thiazole rings is 1. The van der Waals surface area contributed by atoms with Crippen LogP contribution in [0.1, 0.15) is 20.8 Å². The first-order valence-corrected chi connectivity index (χ1v) is 8.08. The van der Waals surface area contributed by atoms with E-state index in [4.69, 9.17) is 0 Å². The number of rotatable bonds is 2. The monoisotopic (exact) mass is 310 g/mol. The van der Waals surface area contributed by atoms with Crippen LogP contribution < -0.4 is 5.32 Å². The minimum absolute atomic E-state index is 0.0219. The summed E-state index contributed by atoms with van der Waals surface area (Å²) >= 11 is 1.45. The van der Waals surface area contributed by atoms with Gasteiger partial charge in [0.25, 0.3) is 0 Å². The predicted molar refractivity (Wildman–Crippen MR) is 93.1 cm³/mol. The predicted octanol–water partition coefficient (Wildman–Crippen LogP) is 4.95. The smallest absolute Gasteiger partial charge is 0.231 e. The maximum atomic E-state index is 12.0. The number of fused-ring (bicyclic) bond motifs is 1. The fraction of sp³-hybridized carbons (Fsp3) is 0.222. The fourth-order valence-electron chi connectivity index (χ4n) is 2.19. The number of hydrogen-bond acceptors (Lipinski definition) is 3. The highest BCUT2D eigenvalue weighted by Gasteiger charge is 2.22. The average Bonchev–Trinajstić information content (AvgIpc) is 2.94. The van der Waals surface area contributed by atoms with Crippen molar-refractivity contribution in [3.63, 3.8) is 0 Å². The number of carbonyl (C=O) groups excluding carboxylic acids is 1. The van der Waals surface area contributed by atoms with Crippen LogP contribution >= 0.6 is 11.3 Å². The van der Waals surface area contributed by atoms with Gasteiger partial charge in [0.15, 0.2) is 5.13 Å². The third-order valence-corrected chi connectivity index (χ3v) is 4.23. The molecular weight excluding hydrogens is 292 g/mol. The summed E-state index contributed by atoms with van der Waals surface area (Å²) in [6.07, 6.45) is 0. The van der Waals surface area contributed by atoms with Crippen LogP contribution in [0.5, 0.6) is 0 Å². The summed E-state index contributed by atoms with van der Waals surface area (Å²) in [6.45, 7) is 5.67. The van der Waals surface area contributed by atoms with E-state index in [0.717, 1.165) is 11.3 Å². The van der Waals surface area contributed by atoms with Crippen molar-refractivity contribution in [2.24, 2.45) is 5.41 Å². The van der Waals surface area contributed by atoms with E-state index in [1.165, 1.54) is 22.1 Å². The van der Waals surface area contributed by atoms with Crippen molar-refractivity contribution >= 4 is 33.1 Å². The normalized spacial score (nSPS) is 11.6. The van der Waals surface area contributed by atoms with Crippen molar-refractivity contribution in [3.8, 4) is 11.3 Å². The van der Waals surface area contributed by atoms with Gasteiger partial charge in [0.2, 0.25) is 5.91 Å². The molecule has 112 valence electrons. The van der Waals surface area contributed by atoms with Crippen molar-refractivity contribution in [2.45, 2.75) is 20.8 Å². The molecule has 0 atom stereocenters. The minimum atomic E-state index is -0.425. The lowest BCUT2D eigenvalue weighted by atomic mass is 9.96. The number of nitrogens with zero attached hydrogens (tertiary/aromatic N) is 1. The van der Waals surface area contributed by atoms with Crippen LogP contribution in [0.15, 0.2) is 47.8 Å². The van der Waals surface area contributed by atoms with Gasteiger partial charge in [-0.1, -0.05) is 63.2 Å². The summed E-state index contributed by atoms with van der Waals surface area (Å²) in [5, 5.41) is 7.87. The van der Waals surface area contributed by atoms with Crippen LogP contribution in [-0.2, 0) is 4.79 Å². The number of anilines is 1. The second-order valence-corrected chi connectivity index (χ2v) is 7.13. The summed E-state index contributed by atoms with van der Waals surface area (Å²) < 4.78 is 0. The second-order valence-electron chi connectivity index (χ2n) is 6.27. The summed E-state index contributed by atoms with van der Waals surface area (Å²) in [7, 11) is 0. The van der Waals surface area contributed by atoms with Gasteiger partial charge in [0.05, 0.1) is 5.69 Å². The molecule has 3 aromatic rings. The minimum Gasteiger partial charge on any atom is -0.302 e. The van der Waals surface area contributed by atoms with Gasteiger partial charge in [-0.2, -0.15) is 0 Å². The highest BCUT2D eigenvalue weighted by Crippen LogP contribution is 2.31. The molecule has 1 heterocycles. The molecule has 0 fully saturated rings. The largest absolute Gasteiger partial charge is 0.302 e. The lowest BCUT2D eigenvalue weighted by molar-refractivity contribution is -0.123. The molecule has 0 saturated heterocycles. The first-order valence-electron chi connectivity index (χ1n) is 7.20. The van der Waals surface area contributed by atoms with Crippen molar-refractivity contribution in [1.82, 2.24) is 4.98 Å². The van der Waals surface area contributed by atoms with Crippen molar-refractivity contribution in [3.05, 3.63) is 47.8 Å². The van der Waals surface area contributed by atoms with E-state index in [1.54, 1.807) is 0 Å². The number of benzene rings is 2. The molecule has 0 bridgehead atoms. The summed E-state index contributed by atoms with van der Waals surface area (Å²) in [4.78, 5) is 16.6. The quantitative estimate of drug-likeness (QED) is 0.728. The van der Waals surface area contributed by atoms with E-state index in [2.05, 4.69) is 34.6 Å². The van der Waals surface area contributed by atoms with E-state index in [0.29, 0.717) is 5.13 Å². The Balaban J connectivity index is 1.95. The summed E-state index contributed by atoms with van der Waals surface area (Å²) in [5.41, 5.74) is 1.56. The van der Waals surface area contributed by atoms with Gasteiger partial charge in [-0.15, -0.1) is 11.3 Å². The Labute approximate surface area is 134 Å². The van der Waals surface area contributed by atoms with Gasteiger partial charge in [-0.25, -0.2) is 4.98 Å². The maximum Gasteiger partial charge on any atom is 0.231 e. The van der Waals surface area contributed by atoms with E-state index >= 15 is 0 Å². The van der Waals surface area contributed by atoms with E-state index < -0.39 is 5.41 Å². The summed E-state index contributed by atoms with van der Waals surface area (Å²) in [5.74, 6) is -0.0219. The molecule has 0 saturated carbocycles. The van der Waals surface area contributed by atoms with Gasteiger partial charge in [-0.05, 0) is 10.8 Å². The third-order valence-electron chi connectivity index (χ3n) is 3.47. The van der Waals surface area contributed by atoms with Crippen LogP contribution in [0.4, 0.5) is 5.13 Å². The average molecular weight is 310 g/mol. The van der Waals surface area contributed by atoms with Crippen molar-refractivity contribution < 1.29 is 4.79 Å². The zero-order chi connectivity index (χ0) is 15.7. The maximum absolute atomic E-state index is 12.0. The molecule has 22 heavy (non-hydrogen) atoms. The van der Waals surface area contributed by atoms with Crippen LogP contribution in [0.3, 0.4) is 0 Å². The summed E-state index contributed by atoms with van der Waals surface area (Å²) in [6, 6.07) is 14.4. The first kappa shape index (κ1) is 14.7. The van der Waals surface area contributed by atoms with Gasteiger partial charge in [-0.3, -0.25) is 4.79 Å². The van der Waals surface area contributed by atoms with Crippen molar-refractivity contribution in [2.75, 3.05) is 5.32 Å². The number of nitrogens with one attached hydrogen (secondary N) is 1. The number of hydrogen-bond donors (Lipinski definition) is 1. The third kappa shape index (κ3) is 2.88. The molecule has 1 N–H and O–H groups in total. The van der Waals surface area contributed by atoms with Crippen LogP contribution in [-0.4, -0.2) is 10.9 Å². The molecule has 1 amide bonds. The zero-order valence-electron chi connectivity index (χ0n) is 12.9. The Morgan fingerprint density at radius 3 is 2.59 bits per heavy atom. The van der Waals surface area contributed by atoms with Gasteiger partial charge < -0.3 is 5.32 Å². The molecule has 0 radical (unpaired) electrons. The number of amides is 1. The molecule has 4 heteroatoms. The highest BCUT2D eigenvalue weighted by atomic mass is 32.1. The second kappa shape index (κ2) is 5.54. The molecule has 0 aliphatic rings. The molecule has 0 spiro atoms. The van der Waals surface area contributed by atoms with Crippen molar-refractivity contribution in [1.29, 1.82) is 0 Å². The molecule has 2 aromatic carbocycles. The Kier molecular flexibility index (Phi) is 3.71. The molecule has 1 aromatic heterocycles. The molecule has 0 aliphatic carbocycles. The van der Waals surface area contributed by atoms with Gasteiger partial charge >= 0.3 is 0 Å². The lowest BCUT2D eigenvalue weighted by Gasteiger charge is -2.15. The standard InChI is InChI=1S/C18H18N2OS/c1-18(2,3)16(21)20-17-19-15(11-22-17)14-10-6-8-12-7-4-5-9-13(12)14/h4-11H,1-3H3,(H,19,20,21). The number of carbonyl (C=O) groups is 1. The van der Waals surface area contributed by atoms with Crippen LogP contribution in [0.2, 0.25) is 0 Å². The van der Waals surface area contributed by atoms with Crippen LogP contribution in [0.25, 0.3) is 22.0 Å². The lowest BCUT2D eigenvalue weighted by Crippen LogP contribution is -2.27.